The molecule has 8 nitrogen and oxygen atoms in total. The monoisotopic (exact) mass is 356 g/mol. The zero-order chi connectivity index (χ0) is 17.4. The summed E-state index contributed by atoms with van der Waals surface area (Å²) >= 11 is 1.16. The number of carbonyl (C=O) groups is 1. The van der Waals surface area contributed by atoms with Crippen LogP contribution in [0.2, 0.25) is 0 Å². The van der Waals surface area contributed by atoms with E-state index in [1.165, 1.54) is 20.0 Å². The lowest BCUT2D eigenvalue weighted by Crippen LogP contribution is -2.14. The third-order valence-corrected chi connectivity index (χ3v) is 4.78. The first-order chi connectivity index (χ1) is 12.1. The lowest BCUT2D eigenvalue weighted by molar-refractivity contribution is 0.102. The van der Waals surface area contributed by atoms with Gasteiger partial charge in [-0.1, -0.05) is 5.10 Å². The Morgan fingerprint density at radius 1 is 1.36 bits per heavy atom. The van der Waals surface area contributed by atoms with Gasteiger partial charge in [0.1, 0.15) is 0 Å². The molecule has 0 unspecified atom stereocenters. The summed E-state index contributed by atoms with van der Waals surface area (Å²) in [6.45, 7) is 1.88. The van der Waals surface area contributed by atoms with E-state index in [2.05, 4.69) is 30.7 Å². The smallest absolute Gasteiger partial charge is 0.295 e. The fourth-order valence-corrected chi connectivity index (χ4v) is 3.09. The first-order valence-electron chi connectivity index (χ1n) is 7.85. The standard InChI is InChI=1S/C16H16N6O2S/c1-8-5-10(13-6-12(19-20-13)9-3-4-9)11(7-17-8)14(23)18-15-21-22-16(24-2)25-15/h5-7,9H,3-4H2,1-2H3,(H,19,20)(H,18,21,23). The lowest BCUT2D eigenvalue weighted by atomic mass is 10.0. The topological polar surface area (TPSA) is 106 Å². The van der Waals surface area contributed by atoms with Gasteiger partial charge >= 0.3 is 0 Å². The average Bonchev–Trinajstić information content (AvgIpc) is 3.17. The van der Waals surface area contributed by atoms with E-state index in [4.69, 9.17) is 4.74 Å². The summed E-state index contributed by atoms with van der Waals surface area (Å²) in [4.78, 5) is 16.9. The fourth-order valence-electron chi connectivity index (χ4n) is 2.54. The van der Waals surface area contributed by atoms with Gasteiger partial charge in [0, 0.05) is 29.1 Å². The van der Waals surface area contributed by atoms with E-state index in [0.29, 0.717) is 21.8 Å². The van der Waals surface area contributed by atoms with Crippen molar-refractivity contribution in [2.45, 2.75) is 25.7 Å². The summed E-state index contributed by atoms with van der Waals surface area (Å²) in [5, 5.41) is 18.6. The van der Waals surface area contributed by atoms with Crippen LogP contribution < -0.4 is 10.1 Å². The number of rotatable bonds is 5. The van der Waals surface area contributed by atoms with Crippen LogP contribution in [0.4, 0.5) is 5.13 Å². The largest absolute Gasteiger partial charge is 0.472 e. The summed E-state index contributed by atoms with van der Waals surface area (Å²) < 4.78 is 4.99. The second-order valence-corrected chi connectivity index (χ2v) is 6.83. The highest BCUT2D eigenvalue weighted by Gasteiger charge is 2.26. The predicted molar refractivity (Wildman–Crippen MR) is 92.9 cm³/mol. The number of ether oxygens (including phenoxy) is 1. The Morgan fingerprint density at radius 3 is 2.92 bits per heavy atom. The van der Waals surface area contributed by atoms with Gasteiger partial charge in [0.05, 0.1) is 18.4 Å². The number of carbonyl (C=O) groups excluding carboxylic acids is 1. The molecule has 0 aromatic carbocycles. The summed E-state index contributed by atoms with van der Waals surface area (Å²) in [6.07, 6.45) is 3.93. The number of nitrogens with zero attached hydrogens (tertiary/aromatic N) is 4. The van der Waals surface area contributed by atoms with E-state index < -0.39 is 0 Å². The van der Waals surface area contributed by atoms with Gasteiger partial charge in [-0.15, -0.1) is 5.10 Å². The maximum absolute atomic E-state index is 12.7. The summed E-state index contributed by atoms with van der Waals surface area (Å²) in [6, 6.07) is 3.87. The van der Waals surface area contributed by atoms with E-state index in [1.807, 2.05) is 19.1 Å². The number of aromatic nitrogens is 5. The Balaban J connectivity index is 1.64. The van der Waals surface area contributed by atoms with Gasteiger partial charge in [0.2, 0.25) is 5.13 Å². The second kappa shape index (κ2) is 6.25. The minimum atomic E-state index is -0.308. The van der Waals surface area contributed by atoms with Gasteiger partial charge in [-0.25, -0.2) is 0 Å². The number of methoxy groups -OCH3 is 1. The number of aromatic amines is 1. The summed E-state index contributed by atoms with van der Waals surface area (Å²) in [5.74, 6) is 0.257. The summed E-state index contributed by atoms with van der Waals surface area (Å²) in [7, 11) is 1.50. The highest BCUT2D eigenvalue weighted by atomic mass is 32.1. The molecule has 1 fully saturated rings. The third-order valence-electron chi connectivity index (χ3n) is 3.98. The van der Waals surface area contributed by atoms with E-state index >= 15 is 0 Å². The van der Waals surface area contributed by atoms with E-state index in [1.54, 1.807) is 6.20 Å². The van der Waals surface area contributed by atoms with Crippen molar-refractivity contribution in [2.24, 2.45) is 0 Å². The first kappa shape index (κ1) is 15.7. The minimum absolute atomic E-state index is 0.308. The highest BCUT2D eigenvalue weighted by Crippen LogP contribution is 2.40. The second-order valence-electron chi connectivity index (χ2n) is 5.89. The number of anilines is 1. The molecule has 25 heavy (non-hydrogen) atoms. The van der Waals surface area contributed by atoms with Crippen molar-refractivity contribution < 1.29 is 9.53 Å². The Labute approximate surface area is 147 Å². The van der Waals surface area contributed by atoms with Crippen molar-refractivity contribution in [1.29, 1.82) is 0 Å². The van der Waals surface area contributed by atoms with Crippen molar-refractivity contribution in [1.82, 2.24) is 25.4 Å². The molecule has 3 aromatic heterocycles. The predicted octanol–water partition coefficient (Wildman–Crippen LogP) is 2.77. The van der Waals surface area contributed by atoms with Crippen LogP contribution in [0.15, 0.2) is 18.3 Å². The number of pyridine rings is 1. The molecular weight excluding hydrogens is 340 g/mol. The molecule has 128 valence electrons. The Bertz CT molecular complexity index is 930. The van der Waals surface area contributed by atoms with Crippen LogP contribution >= 0.6 is 11.3 Å². The maximum Gasteiger partial charge on any atom is 0.295 e. The Kier molecular flexibility index (Phi) is 3.92. The van der Waals surface area contributed by atoms with Crippen molar-refractivity contribution >= 4 is 22.4 Å². The average molecular weight is 356 g/mol. The fraction of sp³-hybridized carbons (Fsp3) is 0.312. The van der Waals surface area contributed by atoms with Gasteiger partial charge in [0.25, 0.3) is 11.1 Å². The number of hydrogen-bond donors (Lipinski definition) is 2. The van der Waals surface area contributed by atoms with Crippen LogP contribution in [0.1, 0.15) is 40.5 Å². The maximum atomic E-state index is 12.7. The third kappa shape index (κ3) is 3.22. The number of amides is 1. The molecule has 0 radical (unpaired) electrons. The molecule has 1 amide bonds. The van der Waals surface area contributed by atoms with Crippen LogP contribution in [0.3, 0.4) is 0 Å². The Morgan fingerprint density at radius 2 is 2.20 bits per heavy atom. The molecule has 0 atom stereocenters. The van der Waals surface area contributed by atoms with Crippen LogP contribution in [0.5, 0.6) is 5.19 Å². The zero-order valence-electron chi connectivity index (χ0n) is 13.7. The van der Waals surface area contributed by atoms with Crippen LogP contribution in [0, 0.1) is 6.92 Å². The van der Waals surface area contributed by atoms with Crippen molar-refractivity contribution in [2.75, 3.05) is 12.4 Å². The quantitative estimate of drug-likeness (QED) is 0.728. The van der Waals surface area contributed by atoms with Gasteiger partial charge in [-0.3, -0.25) is 20.2 Å². The number of aryl methyl sites for hydroxylation is 1. The van der Waals surface area contributed by atoms with E-state index in [0.717, 1.165) is 34.0 Å². The normalized spacial score (nSPS) is 13.7. The van der Waals surface area contributed by atoms with E-state index in [9.17, 15) is 4.79 Å². The molecule has 2 N–H and O–H groups in total. The molecule has 1 aliphatic rings. The minimum Gasteiger partial charge on any atom is -0.472 e. The molecular formula is C16H16N6O2S. The van der Waals surface area contributed by atoms with Gasteiger partial charge < -0.3 is 4.74 Å². The summed E-state index contributed by atoms with van der Waals surface area (Å²) in [5.41, 5.74) is 3.86. The number of hydrogen-bond acceptors (Lipinski definition) is 7. The molecule has 0 spiro atoms. The molecule has 0 aliphatic heterocycles. The van der Waals surface area contributed by atoms with Crippen LogP contribution in [-0.4, -0.2) is 38.4 Å². The molecule has 1 aliphatic carbocycles. The van der Waals surface area contributed by atoms with Crippen molar-refractivity contribution in [3.63, 3.8) is 0 Å². The molecule has 3 aromatic rings. The molecule has 9 heteroatoms. The van der Waals surface area contributed by atoms with Crippen molar-refractivity contribution in [3.8, 4) is 16.5 Å². The SMILES string of the molecule is COc1nnc(NC(=O)c2cnc(C)cc2-c2cc(C3CC3)[nH]n2)s1. The van der Waals surface area contributed by atoms with Gasteiger partial charge in [-0.2, -0.15) is 5.10 Å². The number of nitrogens with one attached hydrogen (secondary N) is 2. The molecule has 4 rings (SSSR count). The molecule has 1 saturated carbocycles. The van der Waals surface area contributed by atoms with E-state index in [-0.39, 0.29) is 5.91 Å². The number of H-pyrrole nitrogens is 1. The zero-order valence-corrected chi connectivity index (χ0v) is 14.6. The lowest BCUT2D eigenvalue weighted by Gasteiger charge is -2.07. The van der Waals surface area contributed by atoms with Crippen LogP contribution in [-0.2, 0) is 0 Å². The van der Waals surface area contributed by atoms with Gasteiger partial charge in [0.15, 0.2) is 0 Å². The van der Waals surface area contributed by atoms with Crippen molar-refractivity contribution in [3.05, 3.63) is 35.3 Å². The van der Waals surface area contributed by atoms with Crippen LogP contribution in [0.25, 0.3) is 11.3 Å². The molecule has 0 bridgehead atoms. The molecule has 0 saturated heterocycles. The van der Waals surface area contributed by atoms with Gasteiger partial charge in [-0.05, 0) is 43.2 Å². The first-order valence-corrected chi connectivity index (χ1v) is 8.67. The highest BCUT2D eigenvalue weighted by molar-refractivity contribution is 7.17. The molecule has 3 heterocycles. The Hall–Kier alpha value is -2.81.